The molecule has 0 aliphatic heterocycles. The third-order valence-corrected chi connectivity index (χ3v) is 3.14. The van der Waals surface area contributed by atoms with E-state index in [0.717, 1.165) is 22.8 Å². The molecule has 1 amide bonds. The van der Waals surface area contributed by atoms with Crippen molar-refractivity contribution in [2.75, 3.05) is 20.3 Å². The molecule has 2 rings (SSSR count). The van der Waals surface area contributed by atoms with Crippen molar-refractivity contribution in [3.63, 3.8) is 0 Å². The van der Waals surface area contributed by atoms with Crippen LogP contribution in [0.3, 0.4) is 0 Å². The van der Waals surface area contributed by atoms with Crippen molar-refractivity contribution in [1.82, 2.24) is 10.3 Å². The van der Waals surface area contributed by atoms with E-state index < -0.39 is 6.09 Å². The topological polar surface area (TPSA) is 73.6 Å². The van der Waals surface area contributed by atoms with E-state index in [-0.39, 0.29) is 0 Å². The van der Waals surface area contributed by atoms with Crippen LogP contribution in [0.1, 0.15) is 18.4 Å². The number of benzene rings is 1. The zero-order chi connectivity index (χ0) is 15.9. The fourth-order valence-electron chi connectivity index (χ4n) is 1.98. The Morgan fingerprint density at radius 1 is 1.32 bits per heavy atom. The first kappa shape index (κ1) is 15.9. The van der Waals surface area contributed by atoms with Gasteiger partial charge in [0.1, 0.15) is 11.5 Å². The van der Waals surface area contributed by atoms with E-state index >= 15 is 0 Å². The molecule has 0 fully saturated rings. The van der Waals surface area contributed by atoms with Crippen LogP contribution < -0.4 is 10.1 Å². The van der Waals surface area contributed by atoms with Crippen molar-refractivity contribution in [3.05, 3.63) is 35.7 Å². The van der Waals surface area contributed by atoms with Gasteiger partial charge in [-0.3, -0.25) is 0 Å². The van der Waals surface area contributed by atoms with Crippen molar-refractivity contribution in [2.24, 2.45) is 0 Å². The summed E-state index contributed by atoms with van der Waals surface area (Å²) in [5.74, 6) is 2.09. The van der Waals surface area contributed by atoms with Gasteiger partial charge in [0, 0.05) is 18.5 Å². The molecule has 118 valence electrons. The van der Waals surface area contributed by atoms with Crippen molar-refractivity contribution in [3.8, 4) is 17.2 Å². The van der Waals surface area contributed by atoms with Crippen LogP contribution in [-0.2, 0) is 11.2 Å². The lowest BCUT2D eigenvalue weighted by atomic mass is 10.2. The SMILES string of the molecule is CCOC(=O)NCCc1nc(-c2ccc(OC)cc2)oc1C. The number of carbonyl (C=O) groups excluding carboxylic acids is 1. The summed E-state index contributed by atoms with van der Waals surface area (Å²) in [4.78, 5) is 15.7. The lowest BCUT2D eigenvalue weighted by Gasteiger charge is -2.03. The highest BCUT2D eigenvalue weighted by atomic mass is 16.5. The lowest BCUT2D eigenvalue weighted by Crippen LogP contribution is -2.26. The number of hydrogen-bond acceptors (Lipinski definition) is 5. The summed E-state index contributed by atoms with van der Waals surface area (Å²) < 4.78 is 15.6. The van der Waals surface area contributed by atoms with Gasteiger partial charge in [0.2, 0.25) is 5.89 Å². The third kappa shape index (κ3) is 4.00. The zero-order valence-electron chi connectivity index (χ0n) is 13.0. The summed E-state index contributed by atoms with van der Waals surface area (Å²) in [5, 5.41) is 2.66. The average molecular weight is 304 g/mol. The van der Waals surface area contributed by atoms with Gasteiger partial charge in [-0.15, -0.1) is 0 Å². The number of amides is 1. The van der Waals surface area contributed by atoms with E-state index in [0.29, 0.717) is 25.5 Å². The molecule has 0 unspecified atom stereocenters. The van der Waals surface area contributed by atoms with Gasteiger partial charge in [-0.2, -0.15) is 0 Å². The van der Waals surface area contributed by atoms with Crippen molar-refractivity contribution < 1.29 is 18.7 Å². The lowest BCUT2D eigenvalue weighted by molar-refractivity contribution is 0.152. The molecule has 1 aromatic carbocycles. The number of aryl methyl sites for hydroxylation is 1. The molecule has 2 aromatic rings. The fraction of sp³-hybridized carbons (Fsp3) is 0.375. The molecule has 6 nitrogen and oxygen atoms in total. The molecular weight excluding hydrogens is 284 g/mol. The highest BCUT2D eigenvalue weighted by Crippen LogP contribution is 2.24. The molecule has 1 heterocycles. The van der Waals surface area contributed by atoms with E-state index in [1.165, 1.54) is 0 Å². The number of aromatic nitrogens is 1. The van der Waals surface area contributed by atoms with E-state index in [4.69, 9.17) is 13.9 Å². The Labute approximate surface area is 129 Å². The molecule has 0 aliphatic carbocycles. The van der Waals surface area contributed by atoms with Gasteiger partial charge in [-0.25, -0.2) is 9.78 Å². The summed E-state index contributed by atoms with van der Waals surface area (Å²) in [7, 11) is 1.62. The fourth-order valence-corrected chi connectivity index (χ4v) is 1.98. The second kappa shape index (κ2) is 7.49. The van der Waals surface area contributed by atoms with Gasteiger partial charge in [0.05, 0.1) is 19.4 Å². The van der Waals surface area contributed by atoms with Crippen LogP contribution in [0, 0.1) is 6.92 Å². The molecule has 0 bridgehead atoms. The highest BCUT2D eigenvalue weighted by molar-refractivity contribution is 5.67. The molecule has 1 N–H and O–H groups in total. The summed E-state index contributed by atoms with van der Waals surface area (Å²) in [6, 6.07) is 7.50. The number of nitrogens with zero attached hydrogens (tertiary/aromatic N) is 1. The first-order valence-electron chi connectivity index (χ1n) is 7.15. The van der Waals surface area contributed by atoms with Crippen LogP contribution in [0.4, 0.5) is 4.79 Å². The second-order valence-corrected chi connectivity index (χ2v) is 4.65. The minimum absolute atomic E-state index is 0.358. The monoisotopic (exact) mass is 304 g/mol. The molecule has 0 saturated carbocycles. The van der Waals surface area contributed by atoms with Gasteiger partial charge >= 0.3 is 6.09 Å². The minimum Gasteiger partial charge on any atom is -0.497 e. The standard InChI is InChI=1S/C16H20N2O4/c1-4-21-16(19)17-10-9-14-11(2)22-15(18-14)12-5-7-13(20-3)8-6-12/h5-8H,4,9-10H2,1-3H3,(H,17,19). The first-order valence-corrected chi connectivity index (χ1v) is 7.15. The molecule has 0 radical (unpaired) electrons. The molecule has 1 aromatic heterocycles. The number of oxazole rings is 1. The normalized spacial score (nSPS) is 10.3. The first-order chi connectivity index (χ1) is 10.6. The van der Waals surface area contributed by atoms with Gasteiger partial charge in [0.15, 0.2) is 0 Å². The van der Waals surface area contributed by atoms with Crippen molar-refractivity contribution in [1.29, 1.82) is 0 Å². The third-order valence-electron chi connectivity index (χ3n) is 3.14. The molecule has 0 saturated heterocycles. The predicted octanol–water partition coefficient (Wildman–Crippen LogP) is 2.95. The Balaban J connectivity index is 1.99. The summed E-state index contributed by atoms with van der Waals surface area (Å²) in [6.07, 6.45) is 0.170. The van der Waals surface area contributed by atoms with Crippen LogP contribution in [0.5, 0.6) is 5.75 Å². The van der Waals surface area contributed by atoms with Crippen molar-refractivity contribution in [2.45, 2.75) is 20.3 Å². The van der Waals surface area contributed by atoms with Crippen LogP contribution in [0.2, 0.25) is 0 Å². The molecule has 0 aliphatic rings. The number of methoxy groups -OCH3 is 1. The van der Waals surface area contributed by atoms with Gasteiger partial charge in [-0.1, -0.05) is 0 Å². The number of carbonyl (C=O) groups is 1. The molecule has 6 heteroatoms. The molecule has 22 heavy (non-hydrogen) atoms. The maximum atomic E-state index is 11.2. The van der Waals surface area contributed by atoms with Crippen LogP contribution in [-0.4, -0.2) is 31.3 Å². The van der Waals surface area contributed by atoms with E-state index in [1.54, 1.807) is 14.0 Å². The van der Waals surface area contributed by atoms with E-state index in [9.17, 15) is 4.79 Å². The maximum Gasteiger partial charge on any atom is 0.407 e. The Bertz CT molecular complexity index is 620. The predicted molar refractivity (Wildman–Crippen MR) is 82.0 cm³/mol. The summed E-state index contributed by atoms with van der Waals surface area (Å²) in [5.41, 5.74) is 1.70. The Kier molecular flexibility index (Phi) is 5.41. The highest BCUT2D eigenvalue weighted by Gasteiger charge is 2.12. The van der Waals surface area contributed by atoms with Crippen LogP contribution >= 0.6 is 0 Å². The van der Waals surface area contributed by atoms with Crippen LogP contribution in [0.25, 0.3) is 11.5 Å². The quantitative estimate of drug-likeness (QED) is 0.888. The van der Waals surface area contributed by atoms with Gasteiger partial charge < -0.3 is 19.2 Å². The van der Waals surface area contributed by atoms with Crippen LogP contribution in [0.15, 0.2) is 28.7 Å². The second-order valence-electron chi connectivity index (χ2n) is 4.65. The molecule has 0 atom stereocenters. The number of alkyl carbamates (subject to hydrolysis) is 1. The zero-order valence-corrected chi connectivity index (χ0v) is 13.0. The van der Waals surface area contributed by atoms with Gasteiger partial charge in [-0.05, 0) is 38.1 Å². The number of ether oxygens (including phenoxy) is 2. The summed E-state index contributed by atoms with van der Waals surface area (Å²) >= 11 is 0. The van der Waals surface area contributed by atoms with Gasteiger partial charge in [0.25, 0.3) is 0 Å². The largest absolute Gasteiger partial charge is 0.497 e. The van der Waals surface area contributed by atoms with E-state index in [2.05, 4.69) is 10.3 Å². The molecule has 0 spiro atoms. The minimum atomic E-state index is -0.418. The number of nitrogens with one attached hydrogen (secondary N) is 1. The van der Waals surface area contributed by atoms with Crippen molar-refractivity contribution >= 4 is 6.09 Å². The number of hydrogen-bond donors (Lipinski definition) is 1. The number of rotatable bonds is 6. The van der Waals surface area contributed by atoms with E-state index in [1.807, 2.05) is 31.2 Å². The maximum absolute atomic E-state index is 11.2. The Hall–Kier alpha value is -2.50. The Morgan fingerprint density at radius 2 is 2.05 bits per heavy atom. The summed E-state index contributed by atoms with van der Waals surface area (Å²) in [6.45, 7) is 4.44. The Morgan fingerprint density at radius 3 is 2.68 bits per heavy atom. The average Bonchev–Trinajstić information content (AvgIpc) is 2.89. The smallest absolute Gasteiger partial charge is 0.407 e. The molecular formula is C16H20N2O4.